The van der Waals surface area contributed by atoms with E-state index in [0.29, 0.717) is 0 Å². The number of rotatable bonds is 31. The number of hydrogen-bond donors (Lipinski definition) is 1. The maximum Gasteiger partial charge on any atom is 0.306 e. The van der Waals surface area contributed by atoms with Gasteiger partial charge in [-0.1, -0.05) is 220 Å². The van der Waals surface area contributed by atoms with Gasteiger partial charge in [0.25, 0.3) is 0 Å². The second-order valence-electron chi connectivity index (χ2n) is 12.6. The van der Waals surface area contributed by atoms with E-state index in [9.17, 15) is 4.79 Å². The van der Waals surface area contributed by atoms with Crippen molar-refractivity contribution >= 4 is 5.97 Å². The van der Waals surface area contributed by atoms with Crippen LogP contribution in [0.2, 0.25) is 0 Å². The Bertz CT molecular complexity index is 419. The van der Waals surface area contributed by atoms with Crippen LogP contribution >= 0.6 is 0 Å². The van der Waals surface area contributed by atoms with Gasteiger partial charge in [0.2, 0.25) is 0 Å². The predicted molar refractivity (Wildman–Crippen MR) is 177 cm³/mol. The Balaban J connectivity index is 0. The summed E-state index contributed by atoms with van der Waals surface area (Å²) in [5, 5.41) is 8.81. The van der Waals surface area contributed by atoms with Crippen LogP contribution in [0, 0.1) is 5.92 Å². The first kappa shape index (κ1) is 40.6. The third kappa shape index (κ3) is 39.7. The van der Waals surface area contributed by atoms with E-state index in [2.05, 4.69) is 20.8 Å². The Morgan fingerprint density at radius 2 is 0.564 bits per heavy atom. The van der Waals surface area contributed by atoms with Crippen LogP contribution in [0.1, 0.15) is 227 Å². The quantitative estimate of drug-likeness (QED) is 0.0868. The van der Waals surface area contributed by atoms with Gasteiger partial charge in [-0.15, -0.1) is 0 Å². The monoisotopic (exact) mass is 553 g/mol. The summed E-state index contributed by atoms with van der Waals surface area (Å²) in [7, 11) is 0. The number of carboxylic acids is 1. The third-order valence-corrected chi connectivity index (χ3v) is 8.37. The summed E-state index contributed by atoms with van der Waals surface area (Å²) in [5.74, 6) is -0.812. The second-order valence-corrected chi connectivity index (χ2v) is 12.6. The van der Waals surface area contributed by atoms with Crippen molar-refractivity contribution in [3.63, 3.8) is 0 Å². The van der Waals surface area contributed by atoms with Crippen molar-refractivity contribution in [3.05, 3.63) is 0 Å². The molecular formula is C37H76O2. The lowest BCUT2D eigenvalue weighted by molar-refractivity contribution is -0.141. The number of unbranched alkanes of at least 4 members (excludes halogenated alkanes) is 28. The second kappa shape index (κ2) is 37.5. The van der Waals surface area contributed by atoms with Crippen molar-refractivity contribution in [2.75, 3.05) is 0 Å². The van der Waals surface area contributed by atoms with Crippen molar-refractivity contribution in [1.82, 2.24) is 0 Å². The van der Waals surface area contributed by atoms with Crippen LogP contribution in [0.3, 0.4) is 0 Å². The van der Waals surface area contributed by atoms with Crippen molar-refractivity contribution < 1.29 is 9.90 Å². The molecule has 1 atom stereocenters. The molecule has 2 nitrogen and oxygen atoms in total. The highest BCUT2D eigenvalue weighted by molar-refractivity contribution is 5.69. The van der Waals surface area contributed by atoms with Crippen LogP contribution in [-0.2, 0) is 4.79 Å². The summed E-state index contributed by atoms with van der Waals surface area (Å²) in [6, 6.07) is 0. The zero-order chi connectivity index (χ0) is 29.1. The molecule has 0 aliphatic carbocycles. The van der Waals surface area contributed by atoms with Crippen LogP contribution in [0.4, 0.5) is 0 Å². The zero-order valence-electron chi connectivity index (χ0n) is 27.9. The van der Waals surface area contributed by atoms with Crippen LogP contribution in [0.25, 0.3) is 0 Å². The largest absolute Gasteiger partial charge is 0.481 e. The molecule has 0 aromatic heterocycles. The molecule has 0 radical (unpaired) electrons. The maximum absolute atomic E-state index is 10.7. The van der Waals surface area contributed by atoms with Crippen LogP contribution < -0.4 is 0 Å². The highest BCUT2D eigenvalue weighted by Gasteiger charge is 2.09. The predicted octanol–water partition coefficient (Wildman–Crippen LogP) is 13.8. The van der Waals surface area contributed by atoms with Gasteiger partial charge >= 0.3 is 5.97 Å². The molecule has 0 heterocycles. The molecule has 236 valence electrons. The molecule has 0 aliphatic rings. The average molecular weight is 553 g/mol. The minimum absolute atomic E-state index is 0.165. The lowest BCUT2D eigenvalue weighted by Gasteiger charge is -2.05. The highest BCUT2D eigenvalue weighted by Crippen LogP contribution is 2.16. The van der Waals surface area contributed by atoms with E-state index in [1.54, 1.807) is 0 Å². The molecule has 0 aromatic carbocycles. The van der Waals surface area contributed by atoms with Gasteiger partial charge in [0.15, 0.2) is 0 Å². The van der Waals surface area contributed by atoms with Crippen LogP contribution in [-0.4, -0.2) is 11.1 Å². The van der Waals surface area contributed by atoms with E-state index in [4.69, 9.17) is 5.11 Å². The standard InChI is InChI=1S/C21H42O2.C16H34/c1-3-4-5-6-7-8-9-10-11-12-13-14-15-16-17-18-19-20(2)21(22)23;1-3-5-7-9-11-13-15-16-14-12-10-8-6-4-2/h20H,3-19H2,1-2H3,(H,22,23);3-16H2,1-2H3. The summed E-state index contributed by atoms with van der Waals surface area (Å²) in [6.07, 6.45) is 43.1. The number of carboxylic acid groups (broad SMARTS) is 1. The fourth-order valence-corrected chi connectivity index (χ4v) is 5.39. The van der Waals surface area contributed by atoms with Gasteiger partial charge in [-0.2, -0.15) is 0 Å². The molecule has 0 rings (SSSR count). The molecule has 0 fully saturated rings. The van der Waals surface area contributed by atoms with Crippen molar-refractivity contribution in [2.45, 2.75) is 227 Å². The topological polar surface area (TPSA) is 37.3 Å². The Morgan fingerprint density at radius 1 is 0.385 bits per heavy atom. The van der Waals surface area contributed by atoms with E-state index in [-0.39, 0.29) is 5.92 Å². The first-order chi connectivity index (χ1) is 19.1. The van der Waals surface area contributed by atoms with Crippen molar-refractivity contribution in [2.24, 2.45) is 5.92 Å². The molecule has 0 spiro atoms. The van der Waals surface area contributed by atoms with E-state index in [1.165, 1.54) is 186 Å². The zero-order valence-corrected chi connectivity index (χ0v) is 27.9. The molecular weight excluding hydrogens is 476 g/mol. The molecule has 2 heteroatoms. The SMILES string of the molecule is CCCCCCCCCCCCCCCC.CCCCCCCCCCCCCCCCCCC(C)C(=O)O. The Labute approximate surface area is 248 Å². The van der Waals surface area contributed by atoms with E-state index in [1.807, 2.05) is 6.92 Å². The molecule has 0 amide bonds. The van der Waals surface area contributed by atoms with Gasteiger partial charge < -0.3 is 5.11 Å². The van der Waals surface area contributed by atoms with E-state index >= 15 is 0 Å². The maximum atomic E-state index is 10.7. The third-order valence-electron chi connectivity index (χ3n) is 8.37. The molecule has 0 saturated heterocycles. The van der Waals surface area contributed by atoms with Crippen molar-refractivity contribution in [3.8, 4) is 0 Å². The number of carbonyl (C=O) groups is 1. The lowest BCUT2D eigenvalue weighted by Crippen LogP contribution is -2.08. The number of aliphatic carboxylic acids is 1. The van der Waals surface area contributed by atoms with Gasteiger partial charge in [0, 0.05) is 0 Å². The molecule has 0 aromatic rings. The van der Waals surface area contributed by atoms with Gasteiger partial charge in [0.1, 0.15) is 0 Å². The summed E-state index contributed by atoms with van der Waals surface area (Å²) in [5.41, 5.74) is 0. The highest BCUT2D eigenvalue weighted by atomic mass is 16.4. The van der Waals surface area contributed by atoms with E-state index in [0.717, 1.165) is 12.8 Å². The van der Waals surface area contributed by atoms with Gasteiger partial charge in [0.05, 0.1) is 5.92 Å². The molecule has 1 N–H and O–H groups in total. The molecule has 0 aliphatic heterocycles. The van der Waals surface area contributed by atoms with Gasteiger partial charge in [-0.25, -0.2) is 0 Å². The lowest BCUT2D eigenvalue weighted by atomic mass is 10.0. The fraction of sp³-hybridized carbons (Fsp3) is 0.973. The van der Waals surface area contributed by atoms with E-state index < -0.39 is 5.97 Å². The smallest absolute Gasteiger partial charge is 0.306 e. The normalized spacial score (nSPS) is 11.8. The summed E-state index contributed by atoms with van der Waals surface area (Å²) >= 11 is 0. The molecule has 1 unspecified atom stereocenters. The minimum Gasteiger partial charge on any atom is -0.481 e. The Morgan fingerprint density at radius 3 is 0.744 bits per heavy atom. The van der Waals surface area contributed by atoms with Gasteiger partial charge in [-0.05, 0) is 6.42 Å². The summed E-state index contributed by atoms with van der Waals surface area (Å²) < 4.78 is 0. The van der Waals surface area contributed by atoms with Crippen molar-refractivity contribution in [1.29, 1.82) is 0 Å². The molecule has 0 bridgehead atoms. The summed E-state index contributed by atoms with van der Waals surface area (Å²) in [6.45, 7) is 8.67. The Hall–Kier alpha value is -0.530. The molecule has 39 heavy (non-hydrogen) atoms. The first-order valence-electron chi connectivity index (χ1n) is 18.3. The average Bonchev–Trinajstić information content (AvgIpc) is 2.93. The first-order valence-corrected chi connectivity index (χ1v) is 18.3. The van der Waals surface area contributed by atoms with Crippen LogP contribution in [0.5, 0.6) is 0 Å². The molecule has 0 saturated carbocycles. The van der Waals surface area contributed by atoms with Crippen LogP contribution in [0.15, 0.2) is 0 Å². The minimum atomic E-state index is -0.647. The summed E-state index contributed by atoms with van der Waals surface area (Å²) in [4.78, 5) is 10.7. The van der Waals surface area contributed by atoms with Gasteiger partial charge in [-0.3, -0.25) is 4.79 Å². The Kier molecular flexibility index (Phi) is 39.0. The fourth-order valence-electron chi connectivity index (χ4n) is 5.39. The number of hydrogen-bond acceptors (Lipinski definition) is 1.